The summed E-state index contributed by atoms with van der Waals surface area (Å²) in [4.78, 5) is 14.9. The average molecular weight is 489 g/mol. The van der Waals surface area contributed by atoms with E-state index in [2.05, 4.69) is 34.8 Å². The first kappa shape index (κ1) is 21.8. The molecule has 0 aliphatic carbocycles. The highest BCUT2D eigenvalue weighted by Crippen LogP contribution is 2.34. The normalized spacial score (nSPS) is 16.3. The lowest BCUT2D eigenvalue weighted by Gasteiger charge is -2.34. The Hall–Kier alpha value is -3.69. The number of H-pyrrole nitrogens is 1. The predicted molar refractivity (Wildman–Crippen MR) is 135 cm³/mol. The van der Waals surface area contributed by atoms with Gasteiger partial charge in [-0.2, -0.15) is 10.2 Å². The van der Waals surface area contributed by atoms with Gasteiger partial charge in [0.25, 0.3) is 0 Å². The van der Waals surface area contributed by atoms with Gasteiger partial charge in [0.15, 0.2) is 5.65 Å². The molecule has 178 valence electrons. The molecule has 1 aliphatic rings. The summed E-state index contributed by atoms with van der Waals surface area (Å²) in [6.07, 6.45) is 7.15. The van der Waals surface area contributed by atoms with Crippen LogP contribution in [-0.2, 0) is 4.74 Å². The Morgan fingerprint density at radius 1 is 1.17 bits per heavy atom. The van der Waals surface area contributed by atoms with Gasteiger partial charge in [-0.15, -0.1) is 0 Å². The Kier molecular flexibility index (Phi) is 5.31. The Balaban J connectivity index is 1.59. The van der Waals surface area contributed by atoms with Gasteiger partial charge in [-0.1, -0.05) is 11.6 Å². The predicted octanol–water partition coefficient (Wildman–Crippen LogP) is 4.47. The zero-order valence-corrected chi connectivity index (χ0v) is 20.5. The zero-order chi connectivity index (χ0) is 24.1. The Bertz CT molecular complexity index is 1520. The number of hydrogen-bond donors (Lipinski definition) is 1. The van der Waals surface area contributed by atoms with Crippen molar-refractivity contribution in [2.24, 2.45) is 0 Å². The third kappa shape index (κ3) is 3.67. The smallest absolute Gasteiger partial charge is 0.167 e. The molecule has 0 radical (unpaired) electrons. The quantitative estimate of drug-likeness (QED) is 0.401. The molecular formula is C25H25ClN8O. The summed E-state index contributed by atoms with van der Waals surface area (Å²) < 4.78 is 9.46. The van der Waals surface area contributed by atoms with Crippen LogP contribution in [0.2, 0.25) is 5.02 Å². The van der Waals surface area contributed by atoms with Crippen molar-refractivity contribution in [2.75, 3.05) is 24.7 Å². The highest BCUT2D eigenvalue weighted by atomic mass is 35.5. The molecule has 5 aromatic heterocycles. The van der Waals surface area contributed by atoms with Gasteiger partial charge < -0.3 is 14.6 Å². The summed E-state index contributed by atoms with van der Waals surface area (Å²) in [5.74, 6) is 0.896. The number of halogens is 1. The van der Waals surface area contributed by atoms with E-state index in [-0.39, 0.29) is 6.04 Å². The summed E-state index contributed by atoms with van der Waals surface area (Å²) in [7, 11) is 0. The summed E-state index contributed by atoms with van der Waals surface area (Å²) in [6.45, 7) is 8.34. The third-order valence-corrected chi connectivity index (χ3v) is 6.70. The van der Waals surface area contributed by atoms with Crippen LogP contribution in [0.4, 0.5) is 5.82 Å². The number of nitrogens with one attached hydrogen (secondary N) is 1. The van der Waals surface area contributed by atoms with Crippen molar-refractivity contribution in [3.63, 3.8) is 0 Å². The van der Waals surface area contributed by atoms with E-state index in [9.17, 15) is 0 Å². The molecule has 1 saturated heterocycles. The van der Waals surface area contributed by atoms with Gasteiger partial charge >= 0.3 is 0 Å². The molecule has 9 nitrogen and oxygen atoms in total. The second kappa shape index (κ2) is 8.51. The molecular weight excluding hydrogens is 464 g/mol. The van der Waals surface area contributed by atoms with Crippen molar-refractivity contribution in [1.82, 2.24) is 34.3 Å². The molecule has 0 saturated carbocycles. The Morgan fingerprint density at radius 2 is 2.06 bits per heavy atom. The minimum absolute atomic E-state index is 0.214. The van der Waals surface area contributed by atoms with Crippen molar-refractivity contribution < 1.29 is 4.74 Å². The third-order valence-electron chi connectivity index (χ3n) is 6.49. The van der Waals surface area contributed by atoms with Crippen LogP contribution in [0.25, 0.3) is 33.8 Å². The standard InChI is InChI=1S/C25H25ClN8O/c1-15-14-35-8-7-32(15)23-10-22(34-25(30-23)20(13-29-34)21-5-4-6-28-21)24-16(2)31-33(17(24)3)19-9-18(26)11-27-12-19/h4-6,9-13,15,28H,7-8,14H2,1-3H3/t15-/m1/s1. The maximum atomic E-state index is 6.22. The van der Waals surface area contributed by atoms with E-state index in [1.54, 1.807) is 12.4 Å². The van der Waals surface area contributed by atoms with E-state index in [0.29, 0.717) is 18.2 Å². The molecule has 1 aliphatic heterocycles. The van der Waals surface area contributed by atoms with Crippen LogP contribution < -0.4 is 4.90 Å². The van der Waals surface area contributed by atoms with E-state index < -0.39 is 0 Å². The number of rotatable bonds is 4. The molecule has 0 spiro atoms. The van der Waals surface area contributed by atoms with E-state index in [1.807, 2.05) is 46.7 Å². The monoisotopic (exact) mass is 488 g/mol. The lowest BCUT2D eigenvalue weighted by atomic mass is 10.1. The number of aryl methyl sites for hydroxylation is 1. The second-order valence-electron chi connectivity index (χ2n) is 8.81. The van der Waals surface area contributed by atoms with Crippen LogP contribution in [0.1, 0.15) is 18.3 Å². The number of hydrogen-bond acceptors (Lipinski definition) is 6. The first-order valence-corrected chi connectivity index (χ1v) is 11.9. The maximum absolute atomic E-state index is 6.22. The maximum Gasteiger partial charge on any atom is 0.167 e. The lowest BCUT2D eigenvalue weighted by Crippen LogP contribution is -2.44. The highest BCUT2D eigenvalue weighted by Gasteiger charge is 2.26. The molecule has 6 rings (SSSR count). The van der Waals surface area contributed by atoms with Gasteiger partial charge in [-0.25, -0.2) is 14.2 Å². The zero-order valence-electron chi connectivity index (χ0n) is 19.7. The summed E-state index contributed by atoms with van der Waals surface area (Å²) in [5.41, 5.74) is 7.29. The number of pyridine rings is 1. The molecule has 6 heterocycles. The number of ether oxygens (including phenoxy) is 1. The summed E-state index contributed by atoms with van der Waals surface area (Å²) in [6, 6.07) is 8.19. The van der Waals surface area contributed by atoms with Crippen LogP contribution in [0.15, 0.2) is 49.1 Å². The van der Waals surface area contributed by atoms with Gasteiger partial charge in [0.05, 0.1) is 70.7 Å². The van der Waals surface area contributed by atoms with E-state index in [0.717, 1.165) is 57.6 Å². The average Bonchev–Trinajstić information content (AvgIpc) is 3.58. The number of nitrogens with zero attached hydrogens (tertiary/aromatic N) is 7. The number of fused-ring (bicyclic) bond motifs is 1. The van der Waals surface area contributed by atoms with Gasteiger partial charge in [0, 0.05) is 30.6 Å². The van der Waals surface area contributed by atoms with Gasteiger partial charge in [0.1, 0.15) is 5.82 Å². The molecule has 1 atom stereocenters. The van der Waals surface area contributed by atoms with Gasteiger partial charge in [0.2, 0.25) is 0 Å². The first-order valence-electron chi connectivity index (χ1n) is 11.6. The molecule has 0 unspecified atom stereocenters. The number of anilines is 1. The molecule has 1 fully saturated rings. The van der Waals surface area contributed by atoms with E-state index in [1.165, 1.54) is 0 Å². The van der Waals surface area contributed by atoms with Crippen molar-refractivity contribution in [2.45, 2.75) is 26.8 Å². The fourth-order valence-corrected chi connectivity index (χ4v) is 4.98. The van der Waals surface area contributed by atoms with Gasteiger partial charge in [-0.3, -0.25) is 4.98 Å². The van der Waals surface area contributed by atoms with E-state index in [4.69, 9.17) is 31.5 Å². The lowest BCUT2D eigenvalue weighted by molar-refractivity contribution is 0.0985. The largest absolute Gasteiger partial charge is 0.377 e. The molecule has 5 aromatic rings. The molecule has 1 N–H and O–H groups in total. The molecule has 10 heteroatoms. The van der Waals surface area contributed by atoms with Crippen molar-refractivity contribution in [3.05, 3.63) is 65.5 Å². The van der Waals surface area contributed by atoms with Crippen LogP contribution >= 0.6 is 11.6 Å². The topological polar surface area (TPSA) is 89.2 Å². The minimum Gasteiger partial charge on any atom is -0.377 e. The fraction of sp³-hybridized carbons (Fsp3) is 0.280. The van der Waals surface area contributed by atoms with Crippen LogP contribution in [0.3, 0.4) is 0 Å². The van der Waals surface area contributed by atoms with Crippen LogP contribution in [-0.4, -0.2) is 60.1 Å². The highest BCUT2D eigenvalue weighted by molar-refractivity contribution is 6.30. The molecule has 35 heavy (non-hydrogen) atoms. The van der Waals surface area contributed by atoms with E-state index >= 15 is 0 Å². The number of aromatic nitrogens is 7. The molecule has 0 amide bonds. The van der Waals surface area contributed by atoms with Crippen LogP contribution in [0, 0.1) is 13.8 Å². The van der Waals surface area contributed by atoms with Crippen LogP contribution in [0.5, 0.6) is 0 Å². The molecule has 0 bridgehead atoms. The number of aromatic amines is 1. The van der Waals surface area contributed by atoms with Crippen molar-refractivity contribution >= 4 is 23.1 Å². The second-order valence-corrected chi connectivity index (χ2v) is 9.25. The summed E-state index contributed by atoms with van der Waals surface area (Å²) >= 11 is 6.22. The summed E-state index contributed by atoms with van der Waals surface area (Å²) in [5, 5.41) is 10.2. The van der Waals surface area contributed by atoms with Gasteiger partial charge in [-0.05, 0) is 39.0 Å². The minimum atomic E-state index is 0.214. The SMILES string of the molecule is Cc1nn(-c2cncc(Cl)c2)c(C)c1-c1cc(N2CCOC[C@H]2C)nc2c(-c3ccc[nH]3)cnn12. The Labute approximate surface area is 207 Å². The van der Waals surface area contributed by atoms with Crippen molar-refractivity contribution in [1.29, 1.82) is 0 Å². The first-order chi connectivity index (χ1) is 17.0. The van der Waals surface area contributed by atoms with Crippen molar-refractivity contribution in [3.8, 4) is 28.2 Å². The fourth-order valence-electron chi connectivity index (χ4n) is 4.81. The Morgan fingerprint density at radius 3 is 2.83 bits per heavy atom. The molecule has 0 aromatic carbocycles. The number of morpholine rings is 1.